The number of benzene rings is 2. The summed E-state index contributed by atoms with van der Waals surface area (Å²) in [5, 5.41) is 21.7. The van der Waals surface area contributed by atoms with Crippen molar-refractivity contribution in [2.45, 2.75) is 25.6 Å². The number of hydrogen-bond acceptors (Lipinski definition) is 4. The first kappa shape index (κ1) is 15.1. The normalized spacial score (nSPS) is 17.8. The van der Waals surface area contributed by atoms with Gasteiger partial charge in [-0.15, -0.1) is 0 Å². The molecule has 0 radical (unpaired) electrons. The first-order valence-electron chi connectivity index (χ1n) is 7.97. The number of aliphatic hydroxyl groups excluding tert-OH is 1. The monoisotopic (exact) mass is 322 g/mol. The van der Waals surface area contributed by atoms with E-state index in [2.05, 4.69) is 0 Å². The molecule has 2 N–H and O–H groups in total. The van der Waals surface area contributed by atoms with Gasteiger partial charge in [0.2, 0.25) is 5.91 Å². The maximum Gasteiger partial charge on any atom is 0.235 e. The molecule has 1 atom stereocenters. The Labute approximate surface area is 139 Å². The zero-order chi connectivity index (χ0) is 16.7. The number of para-hydroxylation sites is 1. The highest BCUT2D eigenvalue weighted by molar-refractivity contribution is 5.97. The van der Waals surface area contributed by atoms with Crippen LogP contribution in [0.25, 0.3) is 10.9 Å². The van der Waals surface area contributed by atoms with Gasteiger partial charge in [0.15, 0.2) is 0 Å². The SMILES string of the molecule is O=C(Cc1ccccc1)n1c2c(c3ccccc31)CC(O)N(O)C2. The fourth-order valence-corrected chi connectivity index (χ4v) is 3.43. The number of fused-ring (bicyclic) bond motifs is 3. The van der Waals surface area contributed by atoms with E-state index >= 15 is 0 Å². The van der Waals surface area contributed by atoms with Crippen LogP contribution >= 0.6 is 0 Å². The number of nitrogens with zero attached hydrogens (tertiary/aromatic N) is 2. The Morgan fingerprint density at radius 1 is 1.08 bits per heavy atom. The van der Waals surface area contributed by atoms with Gasteiger partial charge in [0, 0.05) is 17.5 Å². The summed E-state index contributed by atoms with van der Waals surface area (Å²) in [6.45, 7) is 0.131. The molecule has 4 rings (SSSR count). The van der Waals surface area contributed by atoms with Crippen molar-refractivity contribution >= 4 is 16.8 Å². The van der Waals surface area contributed by atoms with Crippen LogP contribution in [0.2, 0.25) is 0 Å². The molecular formula is C19H18N2O3. The number of rotatable bonds is 2. The second kappa shape index (κ2) is 5.87. The van der Waals surface area contributed by atoms with Crippen LogP contribution in [0.15, 0.2) is 54.6 Å². The smallest absolute Gasteiger partial charge is 0.235 e. The zero-order valence-corrected chi connectivity index (χ0v) is 13.1. The number of carbonyl (C=O) groups excluding carboxylic acids is 1. The minimum atomic E-state index is -0.944. The van der Waals surface area contributed by atoms with E-state index in [0.29, 0.717) is 12.8 Å². The highest BCUT2D eigenvalue weighted by Gasteiger charge is 2.30. The molecule has 1 aromatic heterocycles. The van der Waals surface area contributed by atoms with Crippen LogP contribution in [-0.4, -0.2) is 32.1 Å². The van der Waals surface area contributed by atoms with Crippen LogP contribution < -0.4 is 0 Å². The van der Waals surface area contributed by atoms with Crippen LogP contribution in [0.3, 0.4) is 0 Å². The van der Waals surface area contributed by atoms with E-state index in [4.69, 9.17) is 0 Å². The molecule has 24 heavy (non-hydrogen) atoms. The predicted octanol–water partition coefficient (Wildman–Crippen LogP) is 2.59. The summed E-state index contributed by atoms with van der Waals surface area (Å²) < 4.78 is 1.69. The molecule has 0 spiro atoms. The van der Waals surface area contributed by atoms with E-state index in [1.165, 1.54) is 0 Å². The van der Waals surface area contributed by atoms with Crippen molar-refractivity contribution in [3.63, 3.8) is 0 Å². The third-order valence-electron chi connectivity index (χ3n) is 4.58. The highest BCUT2D eigenvalue weighted by Crippen LogP contribution is 2.32. The van der Waals surface area contributed by atoms with Crippen LogP contribution in [-0.2, 0) is 19.4 Å². The number of hydroxylamine groups is 2. The van der Waals surface area contributed by atoms with E-state index in [-0.39, 0.29) is 12.5 Å². The van der Waals surface area contributed by atoms with Crippen molar-refractivity contribution in [3.8, 4) is 0 Å². The molecule has 0 bridgehead atoms. The predicted molar refractivity (Wildman–Crippen MR) is 89.8 cm³/mol. The van der Waals surface area contributed by atoms with Gasteiger partial charge in [0.1, 0.15) is 6.23 Å². The van der Waals surface area contributed by atoms with E-state index < -0.39 is 6.23 Å². The quantitative estimate of drug-likeness (QED) is 0.761. The second-order valence-corrected chi connectivity index (χ2v) is 6.12. The minimum absolute atomic E-state index is 0.0385. The van der Waals surface area contributed by atoms with Gasteiger partial charge < -0.3 is 10.3 Å². The topological polar surface area (TPSA) is 65.7 Å². The molecular weight excluding hydrogens is 304 g/mol. The summed E-state index contributed by atoms with van der Waals surface area (Å²) in [7, 11) is 0. The second-order valence-electron chi connectivity index (χ2n) is 6.12. The van der Waals surface area contributed by atoms with Crippen molar-refractivity contribution in [1.29, 1.82) is 0 Å². The maximum absolute atomic E-state index is 12.9. The molecule has 0 saturated carbocycles. The summed E-state index contributed by atoms with van der Waals surface area (Å²) in [5.74, 6) is -0.0385. The molecule has 1 aliphatic rings. The number of aliphatic hydroxyl groups is 1. The summed E-state index contributed by atoms with van der Waals surface area (Å²) in [5.41, 5.74) is 3.46. The van der Waals surface area contributed by atoms with Gasteiger partial charge in [-0.05, 0) is 17.2 Å². The van der Waals surface area contributed by atoms with E-state index in [0.717, 1.165) is 32.8 Å². The minimum Gasteiger partial charge on any atom is -0.376 e. The van der Waals surface area contributed by atoms with Gasteiger partial charge in [-0.2, -0.15) is 5.06 Å². The summed E-state index contributed by atoms with van der Waals surface area (Å²) in [6, 6.07) is 17.3. The Balaban J connectivity index is 1.83. The first-order chi connectivity index (χ1) is 11.6. The molecule has 3 aromatic rings. The Morgan fingerprint density at radius 3 is 2.58 bits per heavy atom. The van der Waals surface area contributed by atoms with Gasteiger partial charge in [-0.3, -0.25) is 9.36 Å². The van der Waals surface area contributed by atoms with Gasteiger partial charge in [0.05, 0.1) is 18.5 Å². The van der Waals surface area contributed by atoms with Crippen LogP contribution in [0.4, 0.5) is 0 Å². The van der Waals surface area contributed by atoms with Gasteiger partial charge >= 0.3 is 0 Å². The molecule has 0 fully saturated rings. The zero-order valence-electron chi connectivity index (χ0n) is 13.1. The van der Waals surface area contributed by atoms with Gasteiger partial charge in [-0.1, -0.05) is 48.5 Å². The van der Waals surface area contributed by atoms with Crippen molar-refractivity contribution in [2.24, 2.45) is 0 Å². The molecule has 1 unspecified atom stereocenters. The molecule has 2 aromatic carbocycles. The van der Waals surface area contributed by atoms with Crippen molar-refractivity contribution in [3.05, 3.63) is 71.4 Å². The average molecular weight is 322 g/mol. The lowest BCUT2D eigenvalue weighted by atomic mass is 10.0. The summed E-state index contributed by atoms with van der Waals surface area (Å²) >= 11 is 0. The highest BCUT2D eigenvalue weighted by atomic mass is 16.5. The van der Waals surface area contributed by atoms with Crippen molar-refractivity contribution < 1.29 is 15.1 Å². The standard InChI is InChI=1S/C19H18N2O3/c22-18-11-15-14-8-4-5-9-16(14)21(17(15)12-20(18)24)19(23)10-13-6-2-1-3-7-13/h1-9,18,22,24H,10-12H2. The van der Waals surface area contributed by atoms with E-state index in [1.54, 1.807) is 4.57 Å². The lowest BCUT2D eigenvalue weighted by molar-refractivity contribution is -0.208. The summed E-state index contributed by atoms with van der Waals surface area (Å²) in [4.78, 5) is 12.9. The number of carbonyl (C=O) groups is 1. The molecule has 1 aliphatic heterocycles. The molecule has 2 heterocycles. The molecule has 0 amide bonds. The molecule has 0 aliphatic carbocycles. The van der Waals surface area contributed by atoms with Crippen LogP contribution in [0, 0.1) is 0 Å². The lowest BCUT2D eigenvalue weighted by Gasteiger charge is -2.27. The third-order valence-corrected chi connectivity index (χ3v) is 4.58. The Hall–Kier alpha value is -2.47. The van der Waals surface area contributed by atoms with Crippen molar-refractivity contribution in [2.75, 3.05) is 0 Å². The first-order valence-corrected chi connectivity index (χ1v) is 7.97. The lowest BCUT2D eigenvalue weighted by Crippen LogP contribution is -2.38. The molecule has 5 nitrogen and oxygen atoms in total. The summed E-state index contributed by atoms with van der Waals surface area (Å²) in [6.07, 6.45) is -0.348. The largest absolute Gasteiger partial charge is 0.376 e. The van der Waals surface area contributed by atoms with Crippen LogP contribution in [0.1, 0.15) is 21.6 Å². The Bertz CT molecular complexity index is 902. The van der Waals surface area contributed by atoms with E-state index in [1.807, 2.05) is 54.6 Å². The van der Waals surface area contributed by atoms with Gasteiger partial charge in [0.25, 0.3) is 0 Å². The van der Waals surface area contributed by atoms with Gasteiger partial charge in [-0.25, -0.2) is 0 Å². The van der Waals surface area contributed by atoms with E-state index in [9.17, 15) is 15.1 Å². The fourth-order valence-electron chi connectivity index (χ4n) is 3.43. The average Bonchev–Trinajstić information content (AvgIpc) is 2.90. The van der Waals surface area contributed by atoms with Crippen molar-refractivity contribution in [1.82, 2.24) is 9.63 Å². The molecule has 122 valence electrons. The Morgan fingerprint density at radius 2 is 1.79 bits per heavy atom. The fraction of sp³-hybridized carbons (Fsp3) is 0.211. The molecule has 5 heteroatoms. The number of aromatic nitrogens is 1. The molecule has 0 saturated heterocycles. The maximum atomic E-state index is 12.9. The third kappa shape index (κ3) is 2.43. The number of hydrogen-bond donors (Lipinski definition) is 2. The van der Waals surface area contributed by atoms with Crippen LogP contribution in [0.5, 0.6) is 0 Å². The Kier molecular flexibility index (Phi) is 3.69.